The topological polar surface area (TPSA) is 50.1 Å². The Bertz CT molecular complexity index is 899. The number of rotatable bonds is 7. The Labute approximate surface area is 181 Å². The fourth-order valence-corrected chi connectivity index (χ4v) is 4.39. The van der Waals surface area contributed by atoms with Gasteiger partial charge in [0.1, 0.15) is 11.8 Å². The minimum atomic E-state index is -0.617. The molecular weight excluding hydrogens is 370 g/mol. The average Bonchev–Trinajstić information content (AvgIpc) is 2.78. The van der Waals surface area contributed by atoms with Crippen LogP contribution in [-0.2, 0) is 23.1 Å². The summed E-state index contributed by atoms with van der Waals surface area (Å²) in [6, 6.07) is 16.3. The number of hydrogen-bond acceptors (Lipinski definition) is 3. The molecule has 0 unspecified atom stereocenters. The van der Waals surface area contributed by atoms with Crippen LogP contribution in [0.25, 0.3) is 0 Å². The van der Waals surface area contributed by atoms with Gasteiger partial charge >= 0.3 is 5.97 Å². The molecule has 1 fully saturated rings. The van der Waals surface area contributed by atoms with Crippen molar-refractivity contribution in [3.8, 4) is 11.8 Å². The minimum Gasteiger partial charge on any atom is -0.424 e. The van der Waals surface area contributed by atoms with Crippen molar-refractivity contribution in [3.63, 3.8) is 0 Å². The number of carbonyl (C=O) groups is 1. The van der Waals surface area contributed by atoms with Crippen molar-refractivity contribution in [1.29, 1.82) is 5.26 Å². The first kappa shape index (κ1) is 22.1. The summed E-state index contributed by atoms with van der Waals surface area (Å²) in [6.07, 6.45) is 7.75. The van der Waals surface area contributed by atoms with Gasteiger partial charge in [0.25, 0.3) is 0 Å². The summed E-state index contributed by atoms with van der Waals surface area (Å²) in [5.74, 6) is 0.766. The third-order valence-electron chi connectivity index (χ3n) is 6.39. The summed E-state index contributed by atoms with van der Waals surface area (Å²) in [7, 11) is 0. The number of nitriles is 1. The Balaban J connectivity index is 1.86. The molecule has 1 aliphatic rings. The van der Waals surface area contributed by atoms with Gasteiger partial charge in [0.15, 0.2) is 0 Å². The van der Waals surface area contributed by atoms with Crippen LogP contribution >= 0.6 is 0 Å². The van der Waals surface area contributed by atoms with E-state index in [1.54, 1.807) is 6.07 Å². The van der Waals surface area contributed by atoms with E-state index < -0.39 is 5.41 Å². The standard InChI is InChI=1S/C27H33NO2/c1-4-21-10-13-24(14-11-21)27(16-6-5-7-17-27)26(29)30-25-15-12-22(9-8-20(2)3)18-23(25)19-28/h10-15,18,20H,4-9,16-17H2,1-3H3. The van der Waals surface area contributed by atoms with Crippen molar-refractivity contribution in [1.82, 2.24) is 0 Å². The summed E-state index contributed by atoms with van der Waals surface area (Å²) >= 11 is 0. The quantitative estimate of drug-likeness (QED) is 0.391. The summed E-state index contributed by atoms with van der Waals surface area (Å²) in [5, 5.41) is 9.64. The van der Waals surface area contributed by atoms with Gasteiger partial charge in [-0.25, -0.2) is 0 Å². The lowest BCUT2D eigenvalue weighted by molar-refractivity contribution is -0.142. The maximum atomic E-state index is 13.5. The second kappa shape index (κ2) is 9.94. The van der Waals surface area contributed by atoms with E-state index in [0.29, 0.717) is 17.2 Å². The molecule has 0 amide bonds. The molecule has 0 N–H and O–H groups in total. The predicted molar refractivity (Wildman–Crippen MR) is 121 cm³/mol. The number of carbonyl (C=O) groups excluding carboxylic acids is 1. The molecule has 0 heterocycles. The molecule has 0 aromatic heterocycles. The highest BCUT2D eigenvalue weighted by molar-refractivity contribution is 5.85. The Morgan fingerprint density at radius 3 is 2.33 bits per heavy atom. The van der Waals surface area contributed by atoms with Gasteiger partial charge in [0, 0.05) is 0 Å². The summed E-state index contributed by atoms with van der Waals surface area (Å²) in [4.78, 5) is 13.5. The molecule has 2 aromatic carbocycles. The molecule has 1 aliphatic carbocycles. The predicted octanol–water partition coefficient (Wildman–Crippen LogP) is 6.52. The Morgan fingerprint density at radius 2 is 1.73 bits per heavy atom. The highest BCUT2D eigenvalue weighted by atomic mass is 16.5. The molecule has 30 heavy (non-hydrogen) atoms. The lowest BCUT2D eigenvalue weighted by atomic mass is 9.69. The Hall–Kier alpha value is -2.60. The summed E-state index contributed by atoms with van der Waals surface area (Å²) in [6.45, 7) is 6.52. The first-order valence-corrected chi connectivity index (χ1v) is 11.3. The van der Waals surface area contributed by atoms with Crippen LogP contribution in [-0.4, -0.2) is 5.97 Å². The van der Waals surface area contributed by atoms with Gasteiger partial charge in [-0.2, -0.15) is 5.26 Å². The molecule has 3 rings (SSSR count). The maximum Gasteiger partial charge on any atom is 0.321 e. The molecule has 0 spiro atoms. The highest BCUT2D eigenvalue weighted by Crippen LogP contribution is 2.41. The molecular formula is C27H33NO2. The van der Waals surface area contributed by atoms with E-state index in [-0.39, 0.29) is 5.97 Å². The van der Waals surface area contributed by atoms with Crippen molar-refractivity contribution in [2.45, 2.75) is 77.6 Å². The minimum absolute atomic E-state index is 0.224. The molecule has 2 aromatic rings. The van der Waals surface area contributed by atoms with E-state index in [9.17, 15) is 10.1 Å². The van der Waals surface area contributed by atoms with Crippen molar-refractivity contribution >= 4 is 5.97 Å². The molecule has 0 bridgehead atoms. The highest BCUT2D eigenvalue weighted by Gasteiger charge is 2.43. The Kier molecular flexibility index (Phi) is 7.32. The number of ether oxygens (including phenoxy) is 1. The first-order valence-electron chi connectivity index (χ1n) is 11.3. The second-order valence-electron chi connectivity index (χ2n) is 8.96. The van der Waals surface area contributed by atoms with Crippen LogP contribution in [0.5, 0.6) is 5.75 Å². The van der Waals surface area contributed by atoms with Crippen LogP contribution in [0, 0.1) is 17.2 Å². The third-order valence-corrected chi connectivity index (χ3v) is 6.39. The van der Waals surface area contributed by atoms with E-state index in [0.717, 1.165) is 62.5 Å². The largest absolute Gasteiger partial charge is 0.424 e. The lowest BCUT2D eigenvalue weighted by Gasteiger charge is -2.35. The van der Waals surface area contributed by atoms with Crippen molar-refractivity contribution in [3.05, 3.63) is 64.7 Å². The monoisotopic (exact) mass is 403 g/mol. The first-order chi connectivity index (χ1) is 14.5. The molecule has 158 valence electrons. The average molecular weight is 404 g/mol. The molecule has 0 radical (unpaired) electrons. The third kappa shape index (κ3) is 4.93. The van der Waals surface area contributed by atoms with Crippen molar-refractivity contribution in [2.24, 2.45) is 5.92 Å². The van der Waals surface area contributed by atoms with E-state index >= 15 is 0 Å². The number of esters is 1. The van der Waals surface area contributed by atoms with Crippen LogP contribution in [0.4, 0.5) is 0 Å². The number of benzene rings is 2. The maximum absolute atomic E-state index is 13.5. The molecule has 0 aliphatic heterocycles. The smallest absolute Gasteiger partial charge is 0.321 e. The number of aryl methyl sites for hydroxylation is 2. The fraction of sp³-hybridized carbons (Fsp3) is 0.481. The van der Waals surface area contributed by atoms with Crippen molar-refractivity contribution < 1.29 is 9.53 Å². The molecule has 1 saturated carbocycles. The number of hydrogen-bond donors (Lipinski definition) is 0. The second-order valence-corrected chi connectivity index (χ2v) is 8.96. The van der Waals surface area contributed by atoms with Crippen LogP contribution in [0.1, 0.15) is 81.5 Å². The SMILES string of the molecule is CCc1ccc(C2(C(=O)Oc3ccc(CCC(C)C)cc3C#N)CCCCC2)cc1. The van der Waals surface area contributed by atoms with E-state index in [1.165, 1.54) is 5.56 Å². The van der Waals surface area contributed by atoms with Gasteiger partial charge in [-0.05, 0) is 66.8 Å². The van der Waals surface area contributed by atoms with Crippen LogP contribution in [0.15, 0.2) is 42.5 Å². The zero-order valence-electron chi connectivity index (χ0n) is 18.5. The zero-order valence-corrected chi connectivity index (χ0v) is 18.5. The van der Waals surface area contributed by atoms with Gasteiger partial charge in [0.05, 0.1) is 11.0 Å². The summed E-state index contributed by atoms with van der Waals surface area (Å²) < 4.78 is 5.91. The molecule has 3 nitrogen and oxygen atoms in total. The fourth-order valence-electron chi connectivity index (χ4n) is 4.39. The molecule has 0 atom stereocenters. The van der Waals surface area contributed by atoms with Crippen LogP contribution < -0.4 is 4.74 Å². The normalized spacial score (nSPS) is 15.6. The molecule has 0 saturated heterocycles. The molecule has 3 heteroatoms. The van der Waals surface area contributed by atoms with Crippen molar-refractivity contribution in [2.75, 3.05) is 0 Å². The van der Waals surface area contributed by atoms with E-state index in [4.69, 9.17) is 4.74 Å². The van der Waals surface area contributed by atoms with Gasteiger partial charge in [0.2, 0.25) is 0 Å². The van der Waals surface area contributed by atoms with Crippen LogP contribution in [0.2, 0.25) is 0 Å². The van der Waals surface area contributed by atoms with E-state index in [2.05, 4.69) is 51.1 Å². The van der Waals surface area contributed by atoms with Gasteiger partial charge < -0.3 is 4.74 Å². The summed E-state index contributed by atoms with van der Waals surface area (Å²) in [5.41, 5.74) is 3.24. The van der Waals surface area contributed by atoms with E-state index in [1.807, 2.05) is 12.1 Å². The van der Waals surface area contributed by atoms with Gasteiger partial charge in [-0.15, -0.1) is 0 Å². The van der Waals surface area contributed by atoms with Gasteiger partial charge in [-0.3, -0.25) is 4.79 Å². The number of nitrogens with zero attached hydrogens (tertiary/aromatic N) is 1. The Morgan fingerprint density at radius 1 is 1.07 bits per heavy atom. The van der Waals surface area contributed by atoms with Crippen LogP contribution in [0.3, 0.4) is 0 Å². The lowest BCUT2D eigenvalue weighted by Crippen LogP contribution is -2.41. The van der Waals surface area contributed by atoms with Gasteiger partial charge in [-0.1, -0.05) is 70.4 Å². The zero-order chi connectivity index (χ0) is 21.6.